The topological polar surface area (TPSA) is 63.7 Å². The molecule has 22 heavy (non-hydrogen) atoms. The summed E-state index contributed by atoms with van der Waals surface area (Å²) in [5.41, 5.74) is 1.83. The molecular formula is C16H21NO4S. The first-order chi connectivity index (χ1) is 10.3. The van der Waals surface area contributed by atoms with E-state index in [1.54, 1.807) is 4.90 Å². The van der Waals surface area contributed by atoms with Gasteiger partial charge in [0.2, 0.25) is 5.91 Å². The lowest BCUT2D eigenvalue weighted by molar-refractivity contribution is -0.142. The van der Waals surface area contributed by atoms with Gasteiger partial charge in [0.05, 0.1) is 13.2 Å². The van der Waals surface area contributed by atoms with Crippen LogP contribution in [0.1, 0.15) is 30.9 Å². The summed E-state index contributed by atoms with van der Waals surface area (Å²) >= 11 is 0. The van der Waals surface area contributed by atoms with E-state index in [1.807, 2.05) is 18.2 Å². The Bertz CT molecular complexity index is 696. The number of sulfone groups is 1. The number of nitrogens with zero attached hydrogens (tertiary/aromatic N) is 1. The van der Waals surface area contributed by atoms with E-state index in [2.05, 4.69) is 6.07 Å². The Morgan fingerprint density at radius 3 is 2.82 bits per heavy atom. The van der Waals surface area contributed by atoms with E-state index in [9.17, 15) is 13.2 Å². The first-order valence-corrected chi connectivity index (χ1v) is 9.49. The molecule has 0 aromatic heterocycles. The molecule has 5 nitrogen and oxygen atoms in total. The van der Waals surface area contributed by atoms with Gasteiger partial charge in [0, 0.05) is 12.8 Å². The highest BCUT2D eigenvalue weighted by Gasteiger charge is 2.45. The van der Waals surface area contributed by atoms with Crippen LogP contribution < -0.4 is 0 Å². The van der Waals surface area contributed by atoms with Gasteiger partial charge in [-0.25, -0.2) is 8.42 Å². The lowest BCUT2D eigenvalue weighted by Gasteiger charge is -2.41. The molecular weight excluding hydrogens is 302 g/mol. The smallest absolute Gasteiger partial charge is 0.240 e. The SMILES string of the molecule is CC(C(=O)N1CCCC2(C1)OCc1ccccc12)S(C)(=O)=O. The molecule has 6 heteroatoms. The van der Waals surface area contributed by atoms with E-state index in [0.29, 0.717) is 19.7 Å². The van der Waals surface area contributed by atoms with E-state index in [4.69, 9.17) is 4.74 Å². The van der Waals surface area contributed by atoms with Gasteiger partial charge in [0.25, 0.3) is 0 Å². The number of carbonyl (C=O) groups excluding carboxylic acids is 1. The quantitative estimate of drug-likeness (QED) is 0.827. The predicted octanol–water partition coefficient (Wildman–Crippen LogP) is 1.47. The third-order valence-electron chi connectivity index (χ3n) is 4.77. The standard InChI is InChI=1S/C16H21NO4S/c1-12(22(2,19)20)15(18)17-9-5-8-16(11-17)14-7-4-3-6-13(14)10-21-16/h3-4,6-7,12H,5,8-11H2,1-2H3. The number of carbonyl (C=O) groups is 1. The second kappa shape index (κ2) is 5.35. The molecule has 120 valence electrons. The normalized spacial score (nSPS) is 26.0. The first kappa shape index (κ1) is 15.5. The summed E-state index contributed by atoms with van der Waals surface area (Å²) in [4.78, 5) is 14.1. The van der Waals surface area contributed by atoms with Crippen molar-refractivity contribution in [2.45, 2.75) is 37.2 Å². The molecule has 3 rings (SSSR count). The van der Waals surface area contributed by atoms with Crippen molar-refractivity contribution in [1.29, 1.82) is 0 Å². The Hall–Kier alpha value is -1.40. The molecule has 0 aliphatic carbocycles. The molecule has 2 aliphatic rings. The van der Waals surface area contributed by atoms with Crippen molar-refractivity contribution in [3.8, 4) is 0 Å². The fourth-order valence-electron chi connectivity index (χ4n) is 3.37. The fourth-order valence-corrected chi connectivity index (χ4v) is 3.89. The Balaban J connectivity index is 1.86. The van der Waals surface area contributed by atoms with Gasteiger partial charge < -0.3 is 9.64 Å². The highest BCUT2D eigenvalue weighted by molar-refractivity contribution is 7.92. The zero-order chi connectivity index (χ0) is 16.0. The zero-order valence-electron chi connectivity index (χ0n) is 12.9. The largest absolute Gasteiger partial charge is 0.364 e. The lowest BCUT2D eigenvalue weighted by Crippen LogP contribution is -2.51. The van der Waals surface area contributed by atoms with Crippen LogP contribution in [0.3, 0.4) is 0 Å². The highest BCUT2D eigenvalue weighted by atomic mass is 32.2. The summed E-state index contributed by atoms with van der Waals surface area (Å²) in [5, 5.41) is -1.00. The fraction of sp³-hybridized carbons (Fsp3) is 0.562. The minimum atomic E-state index is -3.38. The molecule has 1 spiro atoms. The summed E-state index contributed by atoms with van der Waals surface area (Å²) in [6.07, 6.45) is 2.79. The minimum Gasteiger partial charge on any atom is -0.364 e. The third-order valence-corrected chi connectivity index (χ3v) is 6.25. The molecule has 2 atom stereocenters. The van der Waals surface area contributed by atoms with Crippen molar-refractivity contribution in [2.75, 3.05) is 19.3 Å². The van der Waals surface area contributed by atoms with Gasteiger partial charge in [-0.05, 0) is 30.9 Å². The van der Waals surface area contributed by atoms with Crippen molar-refractivity contribution in [3.63, 3.8) is 0 Å². The third kappa shape index (κ3) is 2.54. The number of hydrogen-bond donors (Lipinski definition) is 0. The van der Waals surface area contributed by atoms with Gasteiger partial charge in [-0.3, -0.25) is 4.79 Å². The average molecular weight is 323 g/mol. The molecule has 0 radical (unpaired) electrons. The van der Waals surface area contributed by atoms with Gasteiger partial charge in [0.1, 0.15) is 10.9 Å². The monoisotopic (exact) mass is 323 g/mol. The number of fused-ring (bicyclic) bond motifs is 2. The Morgan fingerprint density at radius 1 is 1.36 bits per heavy atom. The Labute approximate surface area is 131 Å². The number of benzene rings is 1. The molecule has 0 saturated carbocycles. The number of hydrogen-bond acceptors (Lipinski definition) is 4. The summed E-state index contributed by atoms with van der Waals surface area (Å²) in [6.45, 7) is 3.04. The van der Waals surface area contributed by atoms with Crippen molar-refractivity contribution in [3.05, 3.63) is 35.4 Å². The van der Waals surface area contributed by atoms with E-state index in [-0.39, 0.29) is 5.91 Å². The minimum absolute atomic E-state index is 0.324. The molecule has 2 unspecified atom stereocenters. The predicted molar refractivity (Wildman–Crippen MR) is 83.0 cm³/mol. The van der Waals surface area contributed by atoms with Crippen LogP contribution in [-0.4, -0.2) is 43.8 Å². The summed E-state index contributed by atoms with van der Waals surface area (Å²) in [5.74, 6) is -0.324. The summed E-state index contributed by atoms with van der Waals surface area (Å²) in [7, 11) is -3.38. The van der Waals surface area contributed by atoms with Crippen LogP contribution >= 0.6 is 0 Å². The maximum absolute atomic E-state index is 12.5. The van der Waals surface area contributed by atoms with Crippen molar-refractivity contribution in [1.82, 2.24) is 4.90 Å². The van der Waals surface area contributed by atoms with Crippen LogP contribution in [0.5, 0.6) is 0 Å². The van der Waals surface area contributed by atoms with Crippen molar-refractivity contribution < 1.29 is 17.9 Å². The molecule has 2 aliphatic heterocycles. The van der Waals surface area contributed by atoms with E-state index < -0.39 is 20.7 Å². The van der Waals surface area contributed by atoms with Gasteiger partial charge in [-0.1, -0.05) is 24.3 Å². The Morgan fingerprint density at radius 2 is 2.09 bits per heavy atom. The molecule has 0 N–H and O–H groups in total. The van der Waals surface area contributed by atoms with E-state index >= 15 is 0 Å². The van der Waals surface area contributed by atoms with Crippen LogP contribution in [0.15, 0.2) is 24.3 Å². The van der Waals surface area contributed by atoms with E-state index in [0.717, 1.165) is 30.2 Å². The number of amides is 1. The number of likely N-dealkylation sites (tertiary alicyclic amines) is 1. The highest BCUT2D eigenvalue weighted by Crippen LogP contribution is 2.42. The van der Waals surface area contributed by atoms with Crippen LogP contribution in [0.25, 0.3) is 0 Å². The molecule has 1 aromatic carbocycles. The maximum atomic E-state index is 12.5. The second-order valence-corrected chi connectivity index (χ2v) is 8.64. The molecule has 1 fully saturated rings. The summed E-state index contributed by atoms with van der Waals surface area (Å²) < 4.78 is 29.3. The number of piperidine rings is 1. The first-order valence-electron chi connectivity index (χ1n) is 7.53. The lowest BCUT2D eigenvalue weighted by atomic mass is 9.85. The van der Waals surface area contributed by atoms with Crippen LogP contribution in [0.4, 0.5) is 0 Å². The zero-order valence-corrected chi connectivity index (χ0v) is 13.7. The molecule has 1 amide bonds. The van der Waals surface area contributed by atoms with Gasteiger partial charge in [-0.2, -0.15) is 0 Å². The van der Waals surface area contributed by atoms with Crippen LogP contribution in [0.2, 0.25) is 0 Å². The molecule has 2 heterocycles. The number of rotatable bonds is 2. The van der Waals surface area contributed by atoms with Crippen LogP contribution in [0, 0.1) is 0 Å². The molecule has 1 aromatic rings. The van der Waals surface area contributed by atoms with Crippen molar-refractivity contribution >= 4 is 15.7 Å². The van der Waals surface area contributed by atoms with Gasteiger partial charge in [0.15, 0.2) is 9.84 Å². The van der Waals surface area contributed by atoms with Crippen molar-refractivity contribution in [2.24, 2.45) is 0 Å². The van der Waals surface area contributed by atoms with E-state index in [1.165, 1.54) is 6.92 Å². The maximum Gasteiger partial charge on any atom is 0.240 e. The van der Waals surface area contributed by atoms with Gasteiger partial charge >= 0.3 is 0 Å². The second-order valence-electron chi connectivity index (χ2n) is 6.28. The average Bonchev–Trinajstić information content (AvgIpc) is 2.84. The number of ether oxygens (including phenoxy) is 1. The molecule has 0 bridgehead atoms. The van der Waals surface area contributed by atoms with Gasteiger partial charge in [-0.15, -0.1) is 0 Å². The molecule has 1 saturated heterocycles. The summed E-state index contributed by atoms with van der Waals surface area (Å²) in [6, 6.07) is 8.06. The Kier molecular flexibility index (Phi) is 3.77. The van der Waals surface area contributed by atoms with Crippen LogP contribution in [-0.2, 0) is 31.6 Å².